The number of benzene rings is 6. The lowest BCUT2D eigenvalue weighted by Crippen LogP contribution is -2.57. The lowest BCUT2D eigenvalue weighted by Gasteiger charge is -2.26. The fraction of sp³-hybridized carbons (Fsp3) is 0.241. The van der Waals surface area contributed by atoms with Gasteiger partial charge in [-0.05, 0) is 89.2 Å². The van der Waals surface area contributed by atoms with Gasteiger partial charge in [0.2, 0.25) is 17.7 Å². The number of amides is 4. The molecule has 2 bridgehead atoms. The van der Waals surface area contributed by atoms with E-state index in [0.717, 1.165) is 44.3 Å². The number of rotatable bonds is 14. The third-order valence-corrected chi connectivity index (χ3v) is 12.9. The maximum atomic E-state index is 14.9. The molecule has 9 rings (SSSR count). The first-order valence-electron chi connectivity index (χ1n) is 24.0. The lowest BCUT2D eigenvalue weighted by atomic mass is 9.89. The van der Waals surface area contributed by atoms with E-state index >= 15 is 0 Å². The highest BCUT2D eigenvalue weighted by Gasteiger charge is 2.34. The van der Waals surface area contributed by atoms with E-state index in [1.165, 1.54) is 0 Å². The molecule has 0 spiro atoms. The molecule has 7 aromatic rings. The average molecular weight is 952 g/mol. The summed E-state index contributed by atoms with van der Waals surface area (Å²) in [4.78, 5) is 88.2. The van der Waals surface area contributed by atoms with Gasteiger partial charge in [-0.2, -0.15) is 0 Å². The lowest BCUT2D eigenvalue weighted by molar-refractivity contribution is -0.143. The van der Waals surface area contributed by atoms with Gasteiger partial charge in [0.05, 0.1) is 6.04 Å². The molecular weight excluding hydrogens is 895 g/mol. The van der Waals surface area contributed by atoms with Gasteiger partial charge in [-0.3, -0.25) is 24.0 Å². The van der Waals surface area contributed by atoms with Crippen LogP contribution in [0.5, 0.6) is 5.75 Å². The fourth-order valence-corrected chi connectivity index (χ4v) is 8.99. The van der Waals surface area contributed by atoms with Crippen molar-refractivity contribution >= 4 is 46.3 Å². The molecule has 71 heavy (non-hydrogen) atoms. The minimum absolute atomic E-state index is 0.0294. The molecule has 0 radical (unpaired) electrons. The van der Waals surface area contributed by atoms with Crippen molar-refractivity contribution in [1.29, 1.82) is 0 Å². The summed E-state index contributed by atoms with van der Waals surface area (Å²) in [6, 6.07) is 45.9. The van der Waals surface area contributed by atoms with Crippen molar-refractivity contribution in [2.45, 2.75) is 75.5 Å². The summed E-state index contributed by atoms with van der Waals surface area (Å²) in [7, 11) is 0. The second-order valence-corrected chi connectivity index (χ2v) is 18.0. The quantitative estimate of drug-likeness (QED) is 0.0620. The van der Waals surface area contributed by atoms with Gasteiger partial charge in [0, 0.05) is 42.3 Å². The number of carbonyl (C=O) groups excluding carboxylic acids is 5. The molecule has 2 aliphatic rings. The molecule has 0 fully saturated rings. The number of fused-ring (bicyclic) bond motifs is 17. The van der Waals surface area contributed by atoms with Crippen molar-refractivity contribution in [1.82, 2.24) is 26.3 Å². The van der Waals surface area contributed by atoms with E-state index < -0.39 is 72.1 Å². The molecule has 6 N–H and O–H groups in total. The number of aliphatic carboxylic acids is 1. The minimum atomic E-state index is -1.24. The molecule has 13 heteroatoms. The number of aromatic amines is 1. The zero-order valence-electron chi connectivity index (χ0n) is 39.2. The van der Waals surface area contributed by atoms with Crippen molar-refractivity contribution in [2.75, 3.05) is 6.61 Å². The molecule has 5 atom stereocenters. The van der Waals surface area contributed by atoms with Crippen LogP contribution >= 0.6 is 0 Å². The van der Waals surface area contributed by atoms with Gasteiger partial charge in [-0.25, -0.2) is 4.79 Å². The first kappa shape index (κ1) is 49.1. The summed E-state index contributed by atoms with van der Waals surface area (Å²) in [6.45, 7) is -0.434. The summed E-state index contributed by atoms with van der Waals surface area (Å²) < 4.78 is 5.88. The van der Waals surface area contributed by atoms with Gasteiger partial charge in [0.15, 0.2) is 12.4 Å². The average Bonchev–Trinajstić information content (AvgIpc) is 3.80. The van der Waals surface area contributed by atoms with Crippen LogP contribution in [0, 0.1) is 5.92 Å². The summed E-state index contributed by atoms with van der Waals surface area (Å²) in [5.41, 5.74) is 6.79. The van der Waals surface area contributed by atoms with Crippen molar-refractivity contribution in [3.05, 3.63) is 198 Å². The standard InChI is InChI=1S/C58H57N5O8/c64-53-35-44(55(66)62-50(58(69)70)31-25-39-14-6-2-7-15-39)32-40-22-28-46(29-23-40)71-37-54(65)60-52(34-45-36-59-48-19-11-10-18-47(45)48)57(68)63-51(56(67)61-49(53)30-24-38-12-4-1-5-13-38)33-41-20-26-43(27-21-41)42-16-8-3-9-17-42/h1-23,26-29,36,44,49-52,59H,24-25,30-35,37H2,(H,60,65)(H,61,67)(H,62,66)(H,63,68)(H,69,70)/t44-,49-,50+,51+,52-/m0/s1. The van der Waals surface area contributed by atoms with Crippen molar-refractivity contribution in [3.63, 3.8) is 0 Å². The van der Waals surface area contributed by atoms with Crippen molar-refractivity contribution in [3.8, 4) is 16.9 Å². The Balaban J connectivity index is 1.12. The highest BCUT2D eigenvalue weighted by molar-refractivity contribution is 5.97. The maximum absolute atomic E-state index is 14.9. The van der Waals surface area contributed by atoms with Gasteiger partial charge in [-0.1, -0.05) is 146 Å². The molecular formula is C58H57N5O8. The summed E-state index contributed by atoms with van der Waals surface area (Å²) in [6.07, 6.45) is 2.68. The van der Waals surface area contributed by atoms with Gasteiger partial charge < -0.3 is 36.1 Å². The first-order valence-corrected chi connectivity index (χ1v) is 24.0. The Morgan fingerprint density at radius 1 is 0.606 bits per heavy atom. The molecule has 0 saturated carbocycles. The predicted octanol–water partition coefficient (Wildman–Crippen LogP) is 7.12. The number of Topliss-reactive ketones (excluding diaryl/α,β-unsaturated/α-hetero) is 1. The number of hydrogen-bond acceptors (Lipinski definition) is 7. The van der Waals surface area contributed by atoms with Crippen LogP contribution in [-0.4, -0.2) is 76.2 Å². The number of carbonyl (C=O) groups is 6. The Hall–Kier alpha value is -8.32. The zero-order valence-corrected chi connectivity index (χ0v) is 39.2. The number of carboxylic acids is 1. The summed E-state index contributed by atoms with van der Waals surface area (Å²) in [5.74, 6) is -4.81. The zero-order chi connectivity index (χ0) is 49.5. The smallest absolute Gasteiger partial charge is 0.326 e. The van der Waals surface area contributed by atoms with Crippen molar-refractivity contribution < 1.29 is 38.6 Å². The second kappa shape index (κ2) is 23.8. The van der Waals surface area contributed by atoms with Crippen LogP contribution in [-0.2, 0) is 60.9 Å². The molecule has 2 aliphatic heterocycles. The second-order valence-electron chi connectivity index (χ2n) is 18.0. The first-order chi connectivity index (χ1) is 34.5. The van der Waals surface area contributed by atoms with Crippen molar-refractivity contribution in [2.24, 2.45) is 5.92 Å². The summed E-state index contributed by atoms with van der Waals surface area (Å²) >= 11 is 0. The Kier molecular flexibility index (Phi) is 16.5. The van der Waals surface area contributed by atoms with Crippen LogP contribution in [0.1, 0.15) is 47.1 Å². The highest BCUT2D eigenvalue weighted by Crippen LogP contribution is 2.24. The van der Waals surface area contributed by atoms with Crippen LogP contribution < -0.4 is 26.0 Å². The van der Waals surface area contributed by atoms with Crippen LogP contribution in [0.3, 0.4) is 0 Å². The Labute approximate surface area is 412 Å². The molecule has 362 valence electrons. The monoisotopic (exact) mass is 951 g/mol. The molecule has 0 unspecified atom stereocenters. The van der Waals surface area contributed by atoms with Crippen LogP contribution in [0.25, 0.3) is 22.0 Å². The number of H-pyrrole nitrogens is 1. The normalized spacial score (nSPS) is 18.4. The Bertz CT molecular complexity index is 2930. The van der Waals surface area contributed by atoms with E-state index in [-0.39, 0.29) is 38.5 Å². The van der Waals surface area contributed by atoms with Gasteiger partial charge in [-0.15, -0.1) is 0 Å². The Morgan fingerprint density at radius 2 is 1.20 bits per heavy atom. The van der Waals surface area contributed by atoms with Gasteiger partial charge >= 0.3 is 5.97 Å². The third kappa shape index (κ3) is 13.7. The Morgan fingerprint density at radius 3 is 1.87 bits per heavy atom. The van der Waals surface area contributed by atoms with E-state index in [1.54, 1.807) is 30.5 Å². The summed E-state index contributed by atoms with van der Waals surface area (Å²) in [5, 5.41) is 22.6. The van der Waals surface area contributed by atoms with Crippen LogP contribution in [0.4, 0.5) is 0 Å². The molecule has 6 aromatic carbocycles. The number of para-hydroxylation sites is 1. The number of hydrogen-bond donors (Lipinski definition) is 6. The molecule has 1 aromatic heterocycles. The van der Waals surface area contributed by atoms with Crippen LogP contribution in [0.2, 0.25) is 0 Å². The van der Waals surface area contributed by atoms with Gasteiger partial charge in [0.25, 0.3) is 5.91 Å². The predicted molar refractivity (Wildman–Crippen MR) is 271 cm³/mol. The number of aromatic nitrogens is 1. The minimum Gasteiger partial charge on any atom is -0.484 e. The molecule has 0 aliphatic carbocycles. The maximum Gasteiger partial charge on any atom is 0.326 e. The van der Waals surface area contributed by atoms with Crippen LogP contribution in [0.15, 0.2) is 170 Å². The topological polar surface area (TPSA) is 196 Å². The number of carboxylic acid groups (broad SMARTS) is 1. The van der Waals surface area contributed by atoms with E-state index in [0.29, 0.717) is 24.2 Å². The SMILES string of the molecule is O=C1COc2ccc(cc2)C[C@H](C(=O)N[C@H](CCc2ccccc2)C(=O)O)CC(=O)[C@H](CCc2ccccc2)NC(=O)[C@@H](Cc2ccc(-c3ccccc3)cc2)NC(=O)[C@H](Cc2c[nH]c3ccccc23)N1. The largest absolute Gasteiger partial charge is 0.484 e. The fourth-order valence-electron chi connectivity index (χ4n) is 8.99. The number of nitrogens with one attached hydrogen (secondary N) is 5. The number of ether oxygens (including phenoxy) is 1. The molecule has 0 saturated heterocycles. The molecule has 4 amide bonds. The highest BCUT2D eigenvalue weighted by atomic mass is 16.5. The third-order valence-electron chi connectivity index (χ3n) is 12.9. The van der Waals surface area contributed by atoms with E-state index in [9.17, 15) is 33.9 Å². The van der Waals surface area contributed by atoms with Gasteiger partial charge in [0.1, 0.15) is 23.9 Å². The van der Waals surface area contributed by atoms with E-state index in [4.69, 9.17) is 4.74 Å². The molecule has 3 heterocycles. The van der Waals surface area contributed by atoms with E-state index in [1.807, 2.05) is 140 Å². The number of aryl methyl sites for hydroxylation is 2. The van der Waals surface area contributed by atoms with E-state index in [2.05, 4.69) is 26.3 Å². The molecule has 13 nitrogen and oxygen atoms in total. The number of ketones is 1.